The molecule has 0 aliphatic heterocycles. The lowest BCUT2D eigenvalue weighted by Crippen LogP contribution is -2.12. The van der Waals surface area contributed by atoms with Crippen molar-refractivity contribution in [3.63, 3.8) is 0 Å². The van der Waals surface area contributed by atoms with Gasteiger partial charge in [0, 0.05) is 11.4 Å². The van der Waals surface area contributed by atoms with Crippen LogP contribution in [0.5, 0.6) is 0 Å². The van der Waals surface area contributed by atoms with Gasteiger partial charge < -0.3 is 14.7 Å². The number of primary amides is 1. The molecule has 2 aromatic heterocycles. The molecule has 0 bridgehead atoms. The summed E-state index contributed by atoms with van der Waals surface area (Å²) in [6, 6.07) is 5.64. The summed E-state index contributed by atoms with van der Waals surface area (Å²) in [6.07, 6.45) is 2.50. The van der Waals surface area contributed by atoms with Gasteiger partial charge in [-0.1, -0.05) is 6.92 Å². The van der Waals surface area contributed by atoms with Crippen molar-refractivity contribution in [1.82, 2.24) is 4.57 Å². The Bertz CT molecular complexity index is 524. The minimum absolute atomic E-state index is 0.379. The van der Waals surface area contributed by atoms with Gasteiger partial charge >= 0.3 is 0 Å². The van der Waals surface area contributed by atoms with E-state index in [1.165, 1.54) is 0 Å². The lowest BCUT2D eigenvalue weighted by molar-refractivity contribution is 0.0999. The van der Waals surface area contributed by atoms with Gasteiger partial charge in [-0.2, -0.15) is 0 Å². The zero-order chi connectivity index (χ0) is 12.4. The van der Waals surface area contributed by atoms with Gasteiger partial charge in [-0.15, -0.1) is 0 Å². The van der Waals surface area contributed by atoms with E-state index in [4.69, 9.17) is 10.2 Å². The highest BCUT2D eigenvalue weighted by Crippen LogP contribution is 2.18. The van der Waals surface area contributed by atoms with Crippen LogP contribution in [0.25, 0.3) is 0 Å². The number of carbonyl (C=O) groups excluding carboxylic acids is 1. The van der Waals surface area contributed by atoms with Crippen LogP contribution in [-0.2, 0) is 13.0 Å². The number of nitrogens with zero attached hydrogens (tertiary/aromatic N) is 1. The van der Waals surface area contributed by atoms with Crippen LogP contribution in [0.1, 0.15) is 34.4 Å². The highest BCUT2D eigenvalue weighted by Gasteiger charge is 2.15. The Hall–Kier alpha value is -1.97. The average molecular weight is 232 g/mol. The van der Waals surface area contributed by atoms with Crippen LogP contribution in [0.3, 0.4) is 0 Å². The van der Waals surface area contributed by atoms with Gasteiger partial charge in [0.05, 0.1) is 18.4 Å². The molecule has 2 N–H and O–H groups in total. The number of hydrogen-bond acceptors (Lipinski definition) is 2. The number of hydrogen-bond donors (Lipinski definition) is 1. The molecule has 0 saturated heterocycles. The molecule has 1 amide bonds. The number of furan rings is 1. The SMILES string of the molecule is CCc1cc(C(N)=O)c(C)n1Cc1ccco1. The van der Waals surface area contributed by atoms with Crippen molar-refractivity contribution >= 4 is 5.91 Å². The van der Waals surface area contributed by atoms with Crippen molar-refractivity contribution in [2.24, 2.45) is 5.73 Å². The molecular weight excluding hydrogens is 216 g/mol. The van der Waals surface area contributed by atoms with E-state index in [9.17, 15) is 4.79 Å². The third kappa shape index (κ3) is 2.11. The quantitative estimate of drug-likeness (QED) is 0.877. The fourth-order valence-electron chi connectivity index (χ4n) is 2.03. The van der Waals surface area contributed by atoms with Crippen LogP contribution in [0.15, 0.2) is 28.9 Å². The van der Waals surface area contributed by atoms with E-state index >= 15 is 0 Å². The number of carbonyl (C=O) groups is 1. The Morgan fingerprint density at radius 2 is 2.29 bits per heavy atom. The van der Waals surface area contributed by atoms with Gasteiger partial charge in [-0.05, 0) is 31.5 Å². The van der Waals surface area contributed by atoms with Crippen molar-refractivity contribution in [1.29, 1.82) is 0 Å². The molecule has 0 aliphatic carbocycles. The second-order valence-electron chi connectivity index (χ2n) is 4.02. The molecule has 0 aromatic carbocycles. The highest BCUT2D eigenvalue weighted by molar-refractivity contribution is 5.94. The Kier molecular flexibility index (Phi) is 3.04. The van der Waals surface area contributed by atoms with Crippen LogP contribution in [0.4, 0.5) is 0 Å². The topological polar surface area (TPSA) is 61.2 Å². The van der Waals surface area contributed by atoms with Crippen LogP contribution < -0.4 is 5.73 Å². The predicted octanol–water partition coefficient (Wildman–Crippen LogP) is 2.10. The summed E-state index contributed by atoms with van der Waals surface area (Å²) in [7, 11) is 0. The first-order valence-electron chi connectivity index (χ1n) is 5.64. The smallest absolute Gasteiger partial charge is 0.250 e. The summed E-state index contributed by atoms with van der Waals surface area (Å²) in [6.45, 7) is 4.59. The molecule has 2 rings (SSSR count). The summed E-state index contributed by atoms with van der Waals surface area (Å²) < 4.78 is 7.39. The Balaban J connectivity index is 2.41. The first kappa shape index (κ1) is 11.5. The summed E-state index contributed by atoms with van der Waals surface area (Å²) >= 11 is 0. The number of aromatic nitrogens is 1. The van der Waals surface area contributed by atoms with Gasteiger partial charge in [0.25, 0.3) is 5.91 Å². The molecule has 0 aliphatic rings. The molecule has 0 unspecified atom stereocenters. The Morgan fingerprint density at radius 1 is 1.53 bits per heavy atom. The van der Waals surface area contributed by atoms with Crippen molar-refractivity contribution in [2.75, 3.05) is 0 Å². The maximum absolute atomic E-state index is 11.3. The van der Waals surface area contributed by atoms with Gasteiger partial charge in [0.15, 0.2) is 0 Å². The molecule has 0 atom stereocenters. The fourth-order valence-corrected chi connectivity index (χ4v) is 2.03. The maximum Gasteiger partial charge on any atom is 0.250 e. The monoisotopic (exact) mass is 232 g/mol. The van der Waals surface area contributed by atoms with E-state index in [1.54, 1.807) is 6.26 Å². The second kappa shape index (κ2) is 4.49. The minimum Gasteiger partial charge on any atom is -0.467 e. The van der Waals surface area contributed by atoms with E-state index in [0.717, 1.165) is 23.6 Å². The zero-order valence-corrected chi connectivity index (χ0v) is 10.1. The molecule has 4 heteroatoms. The van der Waals surface area contributed by atoms with Crippen molar-refractivity contribution in [3.8, 4) is 0 Å². The number of nitrogens with two attached hydrogens (primary N) is 1. The fraction of sp³-hybridized carbons (Fsp3) is 0.308. The third-order valence-corrected chi connectivity index (χ3v) is 2.97. The summed E-state index contributed by atoms with van der Waals surface area (Å²) in [5, 5.41) is 0. The maximum atomic E-state index is 11.3. The van der Waals surface area contributed by atoms with E-state index in [2.05, 4.69) is 11.5 Å². The van der Waals surface area contributed by atoms with Crippen molar-refractivity contribution in [3.05, 3.63) is 47.2 Å². The Labute approximate surface area is 100 Å². The molecule has 90 valence electrons. The van der Waals surface area contributed by atoms with Crippen molar-refractivity contribution in [2.45, 2.75) is 26.8 Å². The second-order valence-corrected chi connectivity index (χ2v) is 4.02. The summed E-state index contributed by atoms with van der Waals surface area (Å²) in [5.41, 5.74) is 7.92. The van der Waals surface area contributed by atoms with E-state index < -0.39 is 0 Å². The number of aryl methyl sites for hydroxylation is 1. The third-order valence-electron chi connectivity index (χ3n) is 2.97. The van der Waals surface area contributed by atoms with Crippen LogP contribution >= 0.6 is 0 Å². The number of amides is 1. The molecular formula is C13H16N2O2. The van der Waals surface area contributed by atoms with Crippen LogP contribution in [0, 0.1) is 6.92 Å². The number of rotatable bonds is 4. The summed E-state index contributed by atoms with van der Waals surface area (Å²) in [5.74, 6) is 0.491. The molecule has 0 spiro atoms. The van der Waals surface area contributed by atoms with Crippen LogP contribution in [0.2, 0.25) is 0 Å². The standard InChI is InChI=1S/C13H16N2O2/c1-3-10-7-12(13(14)16)9(2)15(10)8-11-5-4-6-17-11/h4-7H,3,8H2,1-2H3,(H2,14,16). The van der Waals surface area contributed by atoms with Gasteiger partial charge in [-0.25, -0.2) is 0 Å². The molecule has 17 heavy (non-hydrogen) atoms. The zero-order valence-electron chi connectivity index (χ0n) is 10.1. The lowest BCUT2D eigenvalue weighted by atomic mass is 10.2. The van der Waals surface area contributed by atoms with E-state index in [-0.39, 0.29) is 5.91 Å². The molecule has 2 aromatic rings. The molecule has 0 radical (unpaired) electrons. The minimum atomic E-state index is -0.379. The van der Waals surface area contributed by atoms with E-state index in [0.29, 0.717) is 12.1 Å². The largest absolute Gasteiger partial charge is 0.467 e. The van der Waals surface area contributed by atoms with Crippen molar-refractivity contribution < 1.29 is 9.21 Å². The summed E-state index contributed by atoms with van der Waals surface area (Å²) in [4.78, 5) is 11.3. The van der Waals surface area contributed by atoms with Crippen LogP contribution in [-0.4, -0.2) is 10.5 Å². The molecule has 2 heterocycles. The van der Waals surface area contributed by atoms with Gasteiger partial charge in [0.1, 0.15) is 5.76 Å². The molecule has 0 fully saturated rings. The van der Waals surface area contributed by atoms with E-state index in [1.807, 2.05) is 25.1 Å². The molecule has 0 saturated carbocycles. The highest BCUT2D eigenvalue weighted by atomic mass is 16.3. The van der Waals surface area contributed by atoms with Gasteiger partial charge in [0.2, 0.25) is 0 Å². The first-order chi connectivity index (χ1) is 8.13. The molecule has 4 nitrogen and oxygen atoms in total. The van der Waals surface area contributed by atoms with Gasteiger partial charge in [-0.3, -0.25) is 4.79 Å². The Morgan fingerprint density at radius 3 is 2.82 bits per heavy atom. The first-order valence-corrected chi connectivity index (χ1v) is 5.64. The lowest BCUT2D eigenvalue weighted by Gasteiger charge is -2.08. The predicted molar refractivity (Wildman–Crippen MR) is 64.9 cm³/mol. The normalized spacial score (nSPS) is 10.7. The average Bonchev–Trinajstić information content (AvgIpc) is 2.89.